The molecule has 1 fully saturated rings. The number of benzene rings is 1. The molecule has 2 amide bonds. The summed E-state index contributed by atoms with van der Waals surface area (Å²) in [5.74, 6) is -1.03. The highest BCUT2D eigenvalue weighted by atomic mass is 79.9. The second-order valence-corrected chi connectivity index (χ2v) is 6.87. The van der Waals surface area contributed by atoms with Crippen LogP contribution < -0.4 is 4.74 Å². The molecule has 0 aromatic heterocycles. The lowest BCUT2D eigenvalue weighted by Crippen LogP contribution is -2.42. The van der Waals surface area contributed by atoms with Gasteiger partial charge in [0.25, 0.3) is 11.1 Å². The van der Waals surface area contributed by atoms with Gasteiger partial charge in [0, 0.05) is 4.47 Å². The maximum absolute atomic E-state index is 12.5. The van der Waals surface area contributed by atoms with E-state index in [1.54, 1.807) is 13.0 Å². The third-order valence-electron chi connectivity index (χ3n) is 3.42. The van der Waals surface area contributed by atoms with Crippen molar-refractivity contribution >= 4 is 50.9 Å². The first kappa shape index (κ1) is 19.3. The highest BCUT2D eigenvalue weighted by Crippen LogP contribution is 2.38. The fourth-order valence-corrected chi connectivity index (χ4v) is 3.52. The van der Waals surface area contributed by atoms with Crippen molar-refractivity contribution in [3.05, 3.63) is 27.1 Å². The average molecular weight is 430 g/mol. The summed E-state index contributed by atoms with van der Waals surface area (Å²) in [7, 11) is 1.19. The molecule has 0 saturated carbocycles. The van der Waals surface area contributed by atoms with Crippen LogP contribution in [0.5, 0.6) is 11.5 Å². The van der Waals surface area contributed by atoms with Gasteiger partial charge >= 0.3 is 5.97 Å². The number of phenols is 1. The van der Waals surface area contributed by atoms with Gasteiger partial charge in [-0.3, -0.25) is 14.5 Å². The number of imide groups is 1. The Morgan fingerprint density at radius 1 is 1.44 bits per heavy atom. The molecular weight excluding hydrogens is 414 g/mol. The Morgan fingerprint density at radius 3 is 2.72 bits per heavy atom. The number of hydrogen-bond donors (Lipinski definition) is 1. The van der Waals surface area contributed by atoms with Crippen LogP contribution >= 0.6 is 27.7 Å². The van der Waals surface area contributed by atoms with Gasteiger partial charge < -0.3 is 14.6 Å². The molecule has 2 rings (SSSR count). The van der Waals surface area contributed by atoms with Gasteiger partial charge in [-0.05, 0) is 49.4 Å². The van der Waals surface area contributed by atoms with E-state index in [4.69, 9.17) is 4.74 Å². The second-order valence-electron chi connectivity index (χ2n) is 5.03. The number of carbonyl (C=O) groups is 3. The number of ether oxygens (including phenoxy) is 2. The van der Waals surface area contributed by atoms with Gasteiger partial charge in [0.1, 0.15) is 6.04 Å². The van der Waals surface area contributed by atoms with E-state index in [9.17, 15) is 19.5 Å². The first-order chi connectivity index (χ1) is 11.8. The molecule has 0 bridgehead atoms. The van der Waals surface area contributed by atoms with Gasteiger partial charge in [-0.15, -0.1) is 0 Å². The molecule has 9 heteroatoms. The Labute approximate surface area is 157 Å². The molecule has 0 unspecified atom stereocenters. The SMILES string of the molecule is CCOc1cc(/C=C2\SC(=O)N([C@H](C)C(=O)OC)C2=O)c(Br)cc1O. The van der Waals surface area contributed by atoms with Gasteiger partial charge in [0.15, 0.2) is 11.5 Å². The normalized spacial score (nSPS) is 17.1. The van der Waals surface area contributed by atoms with Crippen LogP contribution in [0.25, 0.3) is 6.08 Å². The lowest BCUT2D eigenvalue weighted by molar-refractivity contribution is -0.148. The van der Waals surface area contributed by atoms with Gasteiger partial charge in [0.2, 0.25) is 0 Å². The zero-order chi connectivity index (χ0) is 18.7. The molecule has 134 valence electrons. The molecule has 1 atom stereocenters. The summed E-state index contributed by atoms with van der Waals surface area (Å²) in [5, 5.41) is 9.30. The molecule has 1 aromatic carbocycles. The van der Waals surface area contributed by atoms with Crippen LogP contribution in [-0.2, 0) is 14.3 Å². The molecule has 1 N–H and O–H groups in total. The molecule has 25 heavy (non-hydrogen) atoms. The van der Waals surface area contributed by atoms with E-state index in [1.165, 1.54) is 26.2 Å². The largest absolute Gasteiger partial charge is 0.504 e. The van der Waals surface area contributed by atoms with Crippen LogP contribution in [0.3, 0.4) is 0 Å². The molecule has 1 aliphatic rings. The quantitative estimate of drug-likeness (QED) is 0.567. The number of hydrogen-bond acceptors (Lipinski definition) is 7. The fourth-order valence-electron chi connectivity index (χ4n) is 2.17. The molecule has 0 radical (unpaired) electrons. The van der Waals surface area contributed by atoms with Crippen LogP contribution in [0.2, 0.25) is 0 Å². The number of rotatable bonds is 5. The highest BCUT2D eigenvalue weighted by Gasteiger charge is 2.41. The van der Waals surface area contributed by atoms with Crippen LogP contribution in [0.15, 0.2) is 21.5 Å². The number of phenolic OH excluding ortho intramolecular Hbond substituents is 1. The Balaban J connectivity index is 2.36. The van der Waals surface area contributed by atoms with E-state index in [2.05, 4.69) is 20.7 Å². The number of amides is 2. The smallest absolute Gasteiger partial charge is 0.328 e. The lowest BCUT2D eigenvalue weighted by atomic mass is 10.1. The minimum atomic E-state index is -1.01. The van der Waals surface area contributed by atoms with Crippen LogP contribution in [0.4, 0.5) is 4.79 Å². The van der Waals surface area contributed by atoms with Crippen molar-refractivity contribution in [3.63, 3.8) is 0 Å². The van der Waals surface area contributed by atoms with Gasteiger partial charge in [0.05, 0.1) is 18.6 Å². The minimum absolute atomic E-state index is 0.0432. The highest BCUT2D eigenvalue weighted by molar-refractivity contribution is 9.10. The Morgan fingerprint density at radius 2 is 2.12 bits per heavy atom. The van der Waals surface area contributed by atoms with E-state index in [0.717, 1.165) is 16.7 Å². The maximum Gasteiger partial charge on any atom is 0.328 e. The lowest BCUT2D eigenvalue weighted by Gasteiger charge is -2.18. The van der Waals surface area contributed by atoms with Crippen molar-refractivity contribution < 1.29 is 29.0 Å². The molecule has 7 nitrogen and oxygen atoms in total. The second kappa shape index (κ2) is 7.92. The van der Waals surface area contributed by atoms with Crippen molar-refractivity contribution in [2.24, 2.45) is 0 Å². The van der Waals surface area contributed by atoms with Crippen LogP contribution in [0, 0.1) is 0 Å². The Hall–Kier alpha value is -2.00. The number of carbonyl (C=O) groups excluding carboxylic acids is 3. The maximum atomic E-state index is 12.5. The third kappa shape index (κ3) is 3.98. The number of halogens is 1. The average Bonchev–Trinajstić information content (AvgIpc) is 2.84. The minimum Gasteiger partial charge on any atom is -0.504 e. The third-order valence-corrected chi connectivity index (χ3v) is 4.99. The van der Waals surface area contributed by atoms with E-state index >= 15 is 0 Å². The molecule has 1 aromatic rings. The zero-order valence-electron chi connectivity index (χ0n) is 13.7. The Kier molecular flexibility index (Phi) is 6.12. The molecule has 1 heterocycles. The first-order valence-corrected chi connectivity index (χ1v) is 8.91. The van der Waals surface area contributed by atoms with Crippen LogP contribution in [0.1, 0.15) is 19.4 Å². The first-order valence-electron chi connectivity index (χ1n) is 7.30. The van der Waals surface area contributed by atoms with Crippen molar-refractivity contribution in [3.8, 4) is 11.5 Å². The van der Waals surface area contributed by atoms with E-state index in [1.807, 2.05) is 0 Å². The number of thioether (sulfide) groups is 1. The summed E-state index contributed by atoms with van der Waals surface area (Å²) in [5.41, 5.74) is 0.553. The Bertz CT molecular complexity index is 763. The molecule has 0 aliphatic carbocycles. The van der Waals surface area contributed by atoms with Crippen molar-refractivity contribution in [1.82, 2.24) is 4.90 Å². The van der Waals surface area contributed by atoms with Gasteiger partial charge in [-0.2, -0.15) is 0 Å². The van der Waals surface area contributed by atoms with Gasteiger partial charge in [-0.1, -0.05) is 15.9 Å². The van der Waals surface area contributed by atoms with Gasteiger partial charge in [-0.25, -0.2) is 4.79 Å². The molecule has 0 spiro atoms. The summed E-state index contributed by atoms with van der Waals surface area (Å²) in [6, 6.07) is 1.99. The topological polar surface area (TPSA) is 93.1 Å². The number of aromatic hydroxyl groups is 1. The van der Waals surface area contributed by atoms with Crippen molar-refractivity contribution in [2.45, 2.75) is 19.9 Å². The van der Waals surface area contributed by atoms with E-state index in [-0.39, 0.29) is 16.4 Å². The predicted octanol–water partition coefficient (Wildman–Crippen LogP) is 3.15. The number of nitrogens with zero attached hydrogens (tertiary/aromatic N) is 1. The summed E-state index contributed by atoms with van der Waals surface area (Å²) in [6.45, 7) is 3.57. The van der Waals surface area contributed by atoms with Crippen molar-refractivity contribution in [2.75, 3.05) is 13.7 Å². The summed E-state index contributed by atoms with van der Waals surface area (Å²) < 4.78 is 10.4. The van der Waals surface area contributed by atoms with E-state index < -0.39 is 23.2 Å². The predicted molar refractivity (Wildman–Crippen MR) is 96.3 cm³/mol. The fraction of sp³-hybridized carbons (Fsp3) is 0.312. The number of methoxy groups -OCH3 is 1. The molecular formula is C16H16BrNO6S. The van der Waals surface area contributed by atoms with E-state index in [0.29, 0.717) is 16.6 Å². The summed E-state index contributed by atoms with van der Waals surface area (Å²) >= 11 is 4.03. The summed E-state index contributed by atoms with van der Waals surface area (Å²) in [6.07, 6.45) is 1.50. The van der Waals surface area contributed by atoms with Crippen molar-refractivity contribution in [1.29, 1.82) is 0 Å². The zero-order valence-corrected chi connectivity index (χ0v) is 16.1. The summed E-state index contributed by atoms with van der Waals surface area (Å²) in [4.78, 5) is 37.2. The standard InChI is InChI=1S/C16H16BrNO6S/c1-4-24-12-5-9(10(17)7-11(12)19)6-13-14(20)18(16(22)25-13)8(2)15(21)23-3/h5-8,19H,4H2,1-3H3/b13-6-/t8-/m1/s1. The number of esters is 1. The molecule has 1 saturated heterocycles. The molecule has 1 aliphatic heterocycles. The monoisotopic (exact) mass is 429 g/mol. The van der Waals surface area contributed by atoms with Crippen LogP contribution in [-0.4, -0.2) is 46.9 Å².